The Morgan fingerprint density at radius 3 is 0.631 bits per heavy atom. The van der Waals surface area contributed by atoms with Gasteiger partial charge in [0.1, 0.15) is 187 Å². The minimum atomic E-state index is -2.26. The van der Waals surface area contributed by atoms with Gasteiger partial charge < -0.3 is 168 Å². The molecule has 0 aliphatic carbocycles. The summed E-state index contributed by atoms with van der Waals surface area (Å²) in [5.74, 6) is -0.510. The Morgan fingerprint density at radius 2 is 0.464 bits per heavy atom. The molecular formula is C46H70N2O34S2. The average molecular weight is 1260 g/mol. The minimum Gasteiger partial charge on any atom is -0.394 e. The summed E-state index contributed by atoms with van der Waals surface area (Å²) >= 11 is 4.58. The van der Waals surface area contributed by atoms with Gasteiger partial charge in [-0.25, -0.2) is 0 Å². The van der Waals surface area contributed by atoms with Crippen molar-refractivity contribution in [3.63, 3.8) is 0 Å². The number of aliphatic hydroxyl groups excluding tert-OH is 20. The third-order valence-electron chi connectivity index (χ3n) is 15.4. The second-order valence-corrected chi connectivity index (χ2v) is 22.2. The third-order valence-corrected chi connectivity index (χ3v) is 17.0. The Balaban J connectivity index is 1.11. The number of nitrogens with zero attached hydrogens (tertiary/aromatic N) is 2. The zero-order valence-electron chi connectivity index (χ0n) is 43.6. The highest BCUT2D eigenvalue weighted by Gasteiger charge is 2.59. The first-order chi connectivity index (χ1) is 40.0. The normalized spacial score (nSPS) is 51.9. The van der Waals surface area contributed by atoms with Crippen LogP contribution in [0.4, 0.5) is 0 Å². The van der Waals surface area contributed by atoms with Crippen molar-refractivity contribution in [3.8, 4) is 12.1 Å². The number of thioether (sulfide) groups is 1. The molecule has 20 N–H and O–H groups in total. The third kappa shape index (κ3) is 13.7. The summed E-state index contributed by atoms with van der Waals surface area (Å²) in [7, 11) is 0. The Kier molecular flexibility index (Phi) is 23.7. The Bertz CT molecular complexity index is 2230. The van der Waals surface area contributed by atoms with Crippen molar-refractivity contribution in [2.24, 2.45) is 0 Å². The maximum atomic E-state index is 11.7. The standard InChI is InChI=1S/C46H70N2O34S2/c47-1-17(83)18(2-48)84-9-16-39-25(61)32(68)46(75-16)81-38-15(8-54)73-44(30(66)23(38)59)79-36-13(6-52)71-42(28(64)21(36)57)77-34-11(4-50)69-40(26(62)19(34)55)76-33-10(3-49)70-41(27(63)20(33)56)78-35-12(5-51)72-43(29(65)22(35)58)80-37-14(7-53)74-45(82-39)31(67)24(37)60/h10-16,19-46,49-68,83H,3-9H2/b18-17-/t10-,11-,12-,13-,14-,15-,16-,19-,20-,21-,22-,23-,24-,25-,26-,27-,28+,29-,30+,31-,32-,33-,34-,35-,36-,37-,38-,39-,40-,41-,42-,43-,44-,45-,46-/m1/s1. The molecule has 35 atom stereocenters. The van der Waals surface area contributed by atoms with Crippen LogP contribution in [0.5, 0.6) is 0 Å². The molecule has 21 rings (SSSR count). The number of hydrogen-bond donors (Lipinski definition) is 21. The highest BCUT2D eigenvalue weighted by atomic mass is 32.2. The van der Waals surface area contributed by atoms with Gasteiger partial charge >= 0.3 is 0 Å². The molecule has 0 aromatic heterocycles. The lowest BCUT2D eigenvalue weighted by Crippen LogP contribution is -2.68. The summed E-state index contributed by atoms with van der Waals surface area (Å²) in [5, 5.41) is 242. The number of hydrogen-bond acceptors (Lipinski definition) is 38. The van der Waals surface area contributed by atoms with E-state index in [1.54, 1.807) is 12.1 Å². The number of nitriles is 2. The summed E-state index contributed by atoms with van der Waals surface area (Å²) in [5.41, 5.74) is 0. The molecule has 0 aromatic carbocycles. The maximum absolute atomic E-state index is 11.7. The van der Waals surface area contributed by atoms with Crippen molar-refractivity contribution in [1.82, 2.24) is 0 Å². The average Bonchev–Trinajstić information content (AvgIpc) is 2.07. The van der Waals surface area contributed by atoms with E-state index < -0.39 is 260 Å². The van der Waals surface area contributed by atoms with Crippen molar-refractivity contribution >= 4 is 24.4 Å². The van der Waals surface area contributed by atoms with Crippen LogP contribution < -0.4 is 0 Å². The molecule has 0 amide bonds. The molecule has 36 nitrogen and oxygen atoms in total. The van der Waals surface area contributed by atoms with Gasteiger partial charge in [-0.15, -0.1) is 24.4 Å². The first kappa shape index (κ1) is 68.0. The predicted molar refractivity (Wildman–Crippen MR) is 261 cm³/mol. The molecule has 21 saturated heterocycles. The molecule has 38 heteroatoms. The van der Waals surface area contributed by atoms with Gasteiger partial charge in [0.05, 0.1) is 45.7 Å². The summed E-state index contributed by atoms with van der Waals surface area (Å²) in [6.45, 7) is -6.43. The molecular weight excluding hydrogens is 1190 g/mol. The van der Waals surface area contributed by atoms with Gasteiger partial charge in [0, 0.05) is 5.75 Å². The number of rotatable bonds is 9. The lowest BCUT2D eigenvalue weighted by atomic mass is 9.95. The van der Waals surface area contributed by atoms with E-state index in [9.17, 15) is 113 Å². The number of thiol groups is 1. The lowest BCUT2D eigenvalue weighted by molar-refractivity contribution is -0.396. The summed E-state index contributed by atoms with van der Waals surface area (Å²) < 4.78 is 80.6. The molecule has 0 unspecified atom stereocenters. The van der Waals surface area contributed by atoms with E-state index in [-0.39, 0.29) is 9.81 Å². The van der Waals surface area contributed by atoms with Crippen LogP contribution in [0, 0.1) is 22.7 Å². The van der Waals surface area contributed by atoms with Crippen LogP contribution in [0.15, 0.2) is 9.81 Å². The lowest BCUT2D eigenvalue weighted by Gasteiger charge is -2.50. The number of ether oxygens (including phenoxy) is 14. The fourth-order valence-corrected chi connectivity index (χ4v) is 11.9. The van der Waals surface area contributed by atoms with E-state index in [1.165, 1.54) is 0 Å². The van der Waals surface area contributed by atoms with Gasteiger partial charge in [0.2, 0.25) is 0 Å². The van der Waals surface area contributed by atoms with Gasteiger partial charge in [0.25, 0.3) is 0 Å². The molecule has 21 aliphatic heterocycles. The monoisotopic (exact) mass is 1260 g/mol. The smallest absolute Gasteiger partial charge is 0.187 e. The SMILES string of the molecule is N#C/C(S)=C(\C#N)SC[C@H]1O[C@@H]2O[C@H]3[C@H](O)[C@H](O)[C@@H](O[C@H]4[C@H](O)[C@H](O)[C@@H](O[C@H]5[C@H](O)[C@@H](O)[C@@H](O[C@H]6[C@H](O)[C@@H](O)[C@@H](O[C@H]7[C@H](O)[C@@H](O)[C@@H](O[C@H]8[C@H](O)[C@@H](O)[C@@H](O[C@H]1[C@H](O)[C@H]2O)O[C@@H]8CO)O[C@@H]7CO)O[C@@H]6CO)O[C@@H]5CO)O[C@@H]4CO)O[C@@H]3CO. The molecule has 21 aliphatic rings. The molecule has 0 spiro atoms. The summed E-state index contributed by atoms with van der Waals surface area (Å²) in [4.78, 5) is -0.690. The van der Waals surface area contributed by atoms with Crippen LogP contribution in [-0.4, -0.2) is 362 Å². The predicted octanol–water partition coefficient (Wildman–Crippen LogP) is -13.3. The molecule has 0 aromatic rings. The van der Waals surface area contributed by atoms with Crippen molar-refractivity contribution in [2.75, 3.05) is 45.4 Å². The number of allylic oxidation sites excluding steroid dienone is 2. The Morgan fingerprint density at radius 1 is 0.286 bits per heavy atom. The summed E-state index contributed by atoms with van der Waals surface area (Å²) in [6.07, 6.45) is -71.3. The van der Waals surface area contributed by atoms with Gasteiger partial charge in [0.15, 0.2) is 44.0 Å². The van der Waals surface area contributed by atoms with Gasteiger partial charge in [-0.2, -0.15) is 10.5 Å². The van der Waals surface area contributed by atoms with Crippen molar-refractivity contribution in [1.29, 1.82) is 10.5 Å². The van der Waals surface area contributed by atoms with Crippen molar-refractivity contribution < 1.29 is 168 Å². The van der Waals surface area contributed by atoms with Crippen molar-refractivity contribution in [3.05, 3.63) is 9.81 Å². The summed E-state index contributed by atoms with van der Waals surface area (Å²) in [6, 6.07) is 3.41. The van der Waals surface area contributed by atoms with Crippen LogP contribution in [-0.2, 0) is 66.3 Å². The van der Waals surface area contributed by atoms with E-state index >= 15 is 0 Å². The van der Waals surface area contributed by atoms with E-state index in [0.717, 1.165) is 0 Å². The van der Waals surface area contributed by atoms with E-state index in [0.29, 0.717) is 11.8 Å². The molecule has 21 fully saturated rings. The van der Waals surface area contributed by atoms with Gasteiger partial charge in [-0.1, -0.05) is 0 Å². The zero-order valence-corrected chi connectivity index (χ0v) is 45.3. The highest BCUT2D eigenvalue weighted by molar-refractivity contribution is 8.04. The fourth-order valence-electron chi connectivity index (χ4n) is 10.8. The topological polar surface area (TPSA) is 581 Å². The highest BCUT2D eigenvalue weighted by Crippen LogP contribution is 2.40. The molecule has 84 heavy (non-hydrogen) atoms. The van der Waals surface area contributed by atoms with Crippen LogP contribution in [0.3, 0.4) is 0 Å². The van der Waals surface area contributed by atoms with E-state index in [1.807, 2.05) is 0 Å². The molecule has 480 valence electrons. The Hall–Kier alpha value is -1.94. The van der Waals surface area contributed by atoms with E-state index in [2.05, 4.69) is 12.6 Å². The fraction of sp³-hybridized carbons (Fsp3) is 0.913. The second-order valence-electron chi connectivity index (χ2n) is 20.7. The largest absolute Gasteiger partial charge is 0.394 e. The Labute approximate surface area is 484 Å². The van der Waals surface area contributed by atoms with Crippen molar-refractivity contribution in [2.45, 2.75) is 215 Å². The van der Waals surface area contributed by atoms with E-state index in [4.69, 9.17) is 66.3 Å². The van der Waals surface area contributed by atoms with Crippen LogP contribution >= 0.6 is 24.4 Å². The molecule has 21 heterocycles. The van der Waals surface area contributed by atoms with Crippen LogP contribution in [0.25, 0.3) is 0 Å². The quantitative estimate of drug-likeness (QED) is 0.0753. The second kappa shape index (κ2) is 29.3. The number of aliphatic hydroxyl groups is 20. The first-order valence-electron chi connectivity index (χ1n) is 26.2. The molecule has 0 saturated carbocycles. The minimum absolute atomic E-state index is 0.309. The molecule has 14 bridgehead atoms. The van der Waals surface area contributed by atoms with Gasteiger partial charge in [-0.05, 0) is 0 Å². The first-order valence-corrected chi connectivity index (χ1v) is 27.6. The van der Waals surface area contributed by atoms with Crippen LogP contribution in [0.1, 0.15) is 0 Å². The molecule has 0 radical (unpaired) electrons. The van der Waals surface area contributed by atoms with Crippen LogP contribution in [0.2, 0.25) is 0 Å². The van der Waals surface area contributed by atoms with Gasteiger partial charge in [-0.3, -0.25) is 0 Å². The zero-order chi connectivity index (χ0) is 61.3. The maximum Gasteiger partial charge on any atom is 0.187 e.